The Kier molecular flexibility index (Phi) is 4.58. The summed E-state index contributed by atoms with van der Waals surface area (Å²) in [5, 5.41) is 0. The molecule has 25 heavy (non-hydrogen) atoms. The zero-order chi connectivity index (χ0) is 17.9. The van der Waals surface area contributed by atoms with Gasteiger partial charge in [-0.05, 0) is 43.3 Å². The highest BCUT2D eigenvalue weighted by Crippen LogP contribution is 2.16. The number of carbonyl (C=O) groups is 1. The van der Waals surface area contributed by atoms with Gasteiger partial charge in [0.05, 0.1) is 10.6 Å². The molecule has 0 saturated heterocycles. The second-order valence-corrected chi connectivity index (χ2v) is 7.07. The standard InChI is InChI=1S/C18H15N3O3S/c1-13-5-7-15(8-6-13)25(23,24)21-18(22)17-4-2-3-16(20-17)14-9-11-19-12-10-14/h2-12H,1H3,(H,21,22). The van der Waals surface area contributed by atoms with Crippen LogP contribution in [0.25, 0.3) is 11.3 Å². The Bertz CT molecular complexity index is 1000. The molecule has 1 N–H and O–H groups in total. The van der Waals surface area contributed by atoms with E-state index in [-0.39, 0.29) is 10.6 Å². The largest absolute Gasteiger partial charge is 0.283 e. The van der Waals surface area contributed by atoms with Crippen molar-refractivity contribution in [1.82, 2.24) is 14.7 Å². The molecule has 2 heterocycles. The van der Waals surface area contributed by atoms with Crippen molar-refractivity contribution >= 4 is 15.9 Å². The van der Waals surface area contributed by atoms with Gasteiger partial charge < -0.3 is 0 Å². The van der Waals surface area contributed by atoms with Gasteiger partial charge in [-0.15, -0.1) is 0 Å². The van der Waals surface area contributed by atoms with Gasteiger partial charge in [-0.1, -0.05) is 23.8 Å². The Morgan fingerprint density at radius 1 is 0.960 bits per heavy atom. The van der Waals surface area contributed by atoms with Crippen LogP contribution in [0.5, 0.6) is 0 Å². The maximum atomic E-state index is 12.3. The Morgan fingerprint density at radius 3 is 2.32 bits per heavy atom. The summed E-state index contributed by atoms with van der Waals surface area (Å²) in [6.45, 7) is 1.85. The number of pyridine rings is 2. The lowest BCUT2D eigenvalue weighted by molar-refractivity contribution is 0.0976. The lowest BCUT2D eigenvalue weighted by atomic mass is 10.1. The molecule has 0 aliphatic rings. The zero-order valence-corrected chi connectivity index (χ0v) is 14.2. The van der Waals surface area contributed by atoms with E-state index in [1.54, 1.807) is 48.8 Å². The van der Waals surface area contributed by atoms with E-state index in [1.165, 1.54) is 18.2 Å². The lowest BCUT2D eigenvalue weighted by Crippen LogP contribution is -2.31. The summed E-state index contributed by atoms with van der Waals surface area (Å²) in [6, 6.07) is 14.6. The molecule has 3 rings (SSSR count). The molecule has 2 aromatic heterocycles. The van der Waals surface area contributed by atoms with Gasteiger partial charge >= 0.3 is 0 Å². The van der Waals surface area contributed by atoms with Crippen LogP contribution in [0.4, 0.5) is 0 Å². The minimum absolute atomic E-state index is 0.0185. The molecule has 3 aromatic rings. The minimum atomic E-state index is -3.95. The van der Waals surface area contributed by atoms with Crippen LogP contribution in [0.1, 0.15) is 16.1 Å². The minimum Gasteiger partial charge on any atom is -0.266 e. The number of benzene rings is 1. The third-order valence-electron chi connectivity index (χ3n) is 3.52. The molecule has 1 amide bonds. The highest BCUT2D eigenvalue weighted by Gasteiger charge is 2.19. The monoisotopic (exact) mass is 353 g/mol. The number of hydrogen-bond acceptors (Lipinski definition) is 5. The number of aromatic nitrogens is 2. The summed E-state index contributed by atoms with van der Waals surface area (Å²) >= 11 is 0. The molecule has 6 nitrogen and oxygen atoms in total. The fraction of sp³-hybridized carbons (Fsp3) is 0.0556. The molecular weight excluding hydrogens is 338 g/mol. The SMILES string of the molecule is Cc1ccc(S(=O)(=O)NC(=O)c2cccc(-c3ccncc3)n2)cc1. The van der Waals surface area contributed by atoms with Crippen molar-refractivity contribution in [2.45, 2.75) is 11.8 Å². The third-order valence-corrected chi connectivity index (χ3v) is 4.86. The lowest BCUT2D eigenvalue weighted by Gasteiger charge is -2.08. The van der Waals surface area contributed by atoms with Crippen LogP contribution < -0.4 is 4.72 Å². The highest BCUT2D eigenvalue weighted by atomic mass is 32.2. The van der Waals surface area contributed by atoms with E-state index < -0.39 is 15.9 Å². The molecule has 0 aliphatic carbocycles. The van der Waals surface area contributed by atoms with Gasteiger partial charge in [0.2, 0.25) is 0 Å². The summed E-state index contributed by atoms with van der Waals surface area (Å²) in [7, 11) is -3.95. The van der Waals surface area contributed by atoms with Crippen molar-refractivity contribution in [2.24, 2.45) is 0 Å². The van der Waals surface area contributed by atoms with Crippen LogP contribution in [0.3, 0.4) is 0 Å². The summed E-state index contributed by atoms with van der Waals surface area (Å²) in [5.74, 6) is -0.781. The van der Waals surface area contributed by atoms with E-state index >= 15 is 0 Å². The van der Waals surface area contributed by atoms with Crippen molar-refractivity contribution in [3.8, 4) is 11.3 Å². The van der Waals surface area contributed by atoms with Crippen molar-refractivity contribution in [1.29, 1.82) is 0 Å². The van der Waals surface area contributed by atoms with E-state index in [9.17, 15) is 13.2 Å². The van der Waals surface area contributed by atoms with Gasteiger partial charge in [-0.2, -0.15) is 0 Å². The summed E-state index contributed by atoms with van der Waals surface area (Å²) in [5.41, 5.74) is 2.29. The van der Waals surface area contributed by atoms with Crippen molar-refractivity contribution in [3.05, 3.63) is 78.2 Å². The van der Waals surface area contributed by atoms with Gasteiger partial charge in [0.25, 0.3) is 15.9 Å². The number of sulfonamides is 1. The number of hydrogen-bond donors (Lipinski definition) is 1. The van der Waals surface area contributed by atoms with Crippen LogP contribution in [0, 0.1) is 6.92 Å². The number of amides is 1. The predicted octanol–water partition coefficient (Wildman–Crippen LogP) is 2.57. The third kappa shape index (κ3) is 3.89. The second kappa shape index (κ2) is 6.82. The average Bonchev–Trinajstić information content (AvgIpc) is 2.62. The molecule has 0 aliphatic heterocycles. The maximum Gasteiger partial charge on any atom is 0.283 e. The Hall–Kier alpha value is -3.06. The number of nitrogens with zero attached hydrogens (tertiary/aromatic N) is 2. The molecule has 7 heteroatoms. The summed E-state index contributed by atoms with van der Waals surface area (Å²) in [6.07, 6.45) is 3.23. The average molecular weight is 353 g/mol. The molecule has 0 atom stereocenters. The number of carbonyl (C=O) groups excluding carboxylic acids is 1. The highest BCUT2D eigenvalue weighted by molar-refractivity contribution is 7.90. The molecule has 0 radical (unpaired) electrons. The van der Waals surface area contributed by atoms with E-state index in [0.717, 1.165) is 11.1 Å². The Balaban J connectivity index is 1.85. The zero-order valence-electron chi connectivity index (χ0n) is 13.4. The van der Waals surface area contributed by atoms with Crippen molar-refractivity contribution < 1.29 is 13.2 Å². The van der Waals surface area contributed by atoms with Crippen molar-refractivity contribution in [2.75, 3.05) is 0 Å². The normalized spacial score (nSPS) is 11.1. The molecule has 0 fully saturated rings. The first-order valence-corrected chi connectivity index (χ1v) is 8.95. The van der Waals surface area contributed by atoms with Gasteiger partial charge in [0.1, 0.15) is 5.69 Å². The van der Waals surface area contributed by atoms with E-state index in [0.29, 0.717) is 5.69 Å². The van der Waals surface area contributed by atoms with Crippen LogP contribution >= 0.6 is 0 Å². The Labute approximate surface area is 145 Å². The van der Waals surface area contributed by atoms with E-state index in [1.807, 2.05) is 11.6 Å². The van der Waals surface area contributed by atoms with Gasteiger partial charge in [0, 0.05) is 18.0 Å². The van der Waals surface area contributed by atoms with Gasteiger partial charge in [-0.3, -0.25) is 9.78 Å². The summed E-state index contributed by atoms with van der Waals surface area (Å²) < 4.78 is 26.7. The fourth-order valence-corrected chi connectivity index (χ4v) is 3.16. The van der Waals surface area contributed by atoms with E-state index in [2.05, 4.69) is 9.97 Å². The molecule has 0 spiro atoms. The van der Waals surface area contributed by atoms with Crippen LogP contribution in [0.2, 0.25) is 0 Å². The molecular formula is C18H15N3O3S. The van der Waals surface area contributed by atoms with Crippen molar-refractivity contribution in [3.63, 3.8) is 0 Å². The van der Waals surface area contributed by atoms with Crippen LogP contribution in [-0.2, 0) is 10.0 Å². The Morgan fingerprint density at radius 2 is 1.64 bits per heavy atom. The molecule has 126 valence electrons. The van der Waals surface area contributed by atoms with Crippen LogP contribution in [0.15, 0.2) is 71.9 Å². The number of aryl methyl sites for hydroxylation is 1. The number of nitrogens with one attached hydrogen (secondary N) is 1. The fourth-order valence-electron chi connectivity index (χ4n) is 2.20. The maximum absolute atomic E-state index is 12.3. The first kappa shape index (κ1) is 16.8. The number of rotatable bonds is 4. The second-order valence-electron chi connectivity index (χ2n) is 5.39. The van der Waals surface area contributed by atoms with E-state index in [4.69, 9.17) is 0 Å². The van der Waals surface area contributed by atoms with Crippen LogP contribution in [-0.4, -0.2) is 24.3 Å². The first-order valence-electron chi connectivity index (χ1n) is 7.47. The quantitative estimate of drug-likeness (QED) is 0.779. The molecule has 0 unspecified atom stereocenters. The molecule has 1 aromatic carbocycles. The van der Waals surface area contributed by atoms with Gasteiger partial charge in [-0.25, -0.2) is 18.1 Å². The topological polar surface area (TPSA) is 89.0 Å². The summed E-state index contributed by atoms with van der Waals surface area (Å²) in [4.78, 5) is 20.5. The molecule has 0 saturated carbocycles. The first-order chi connectivity index (χ1) is 12.0. The van der Waals surface area contributed by atoms with Gasteiger partial charge in [0.15, 0.2) is 0 Å². The predicted molar refractivity (Wildman–Crippen MR) is 93.3 cm³/mol. The smallest absolute Gasteiger partial charge is 0.266 e. The molecule has 0 bridgehead atoms.